The number of rotatable bonds is 4. The fraction of sp³-hybridized carbons (Fsp3) is 0.960. The third-order valence-corrected chi connectivity index (χ3v) is 10.5. The van der Waals surface area contributed by atoms with Gasteiger partial charge in [-0.05, 0) is 97.7 Å². The summed E-state index contributed by atoms with van der Waals surface area (Å²) >= 11 is 0. The van der Waals surface area contributed by atoms with E-state index in [-0.39, 0.29) is 17.5 Å². The molecule has 0 heterocycles. The van der Waals surface area contributed by atoms with Gasteiger partial charge in [0.25, 0.3) is 0 Å². The van der Waals surface area contributed by atoms with Crippen molar-refractivity contribution in [2.75, 3.05) is 7.11 Å². The van der Waals surface area contributed by atoms with Crippen molar-refractivity contribution in [2.24, 2.45) is 46.3 Å². The van der Waals surface area contributed by atoms with Crippen LogP contribution in [-0.4, -0.2) is 24.3 Å². The van der Waals surface area contributed by atoms with E-state index >= 15 is 0 Å². The lowest BCUT2D eigenvalue weighted by Crippen LogP contribution is -2.58. The van der Waals surface area contributed by atoms with Crippen molar-refractivity contribution in [1.82, 2.24) is 0 Å². The third kappa shape index (κ3) is 3.06. The van der Waals surface area contributed by atoms with E-state index in [2.05, 4.69) is 20.8 Å². The van der Waals surface area contributed by atoms with Gasteiger partial charge in [0.05, 0.1) is 13.2 Å². The van der Waals surface area contributed by atoms with Gasteiger partial charge in [0.1, 0.15) is 0 Å². The molecule has 4 aliphatic rings. The van der Waals surface area contributed by atoms with E-state index < -0.39 is 0 Å². The quantitative estimate of drug-likeness (QED) is 0.636. The lowest BCUT2D eigenvalue weighted by molar-refractivity contribution is -0.168. The van der Waals surface area contributed by atoms with E-state index in [0.29, 0.717) is 29.6 Å². The summed E-state index contributed by atoms with van der Waals surface area (Å²) in [4.78, 5) is 11.6. The van der Waals surface area contributed by atoms with Gasteiger partial charge in [-0.1, -0.05) is 33.6 Å². The molecule has 4 saturated carbocycles. The van der Waals surface area contributed by atoms with Crippen LogP contribution in [0.2, 0.25) is 0 Å². The van der Waals surface area contributed by atoms with Gasteiger partial charge in [-0.15, -0.1) is 0 Å². The van der Waals surface area contributed by atoms with Crippen LogP contribution in [0.5, 0.6) is 0 Å². The molecule has 0 spiro atoms. The molecule has 9 atom stereocenters. The van der Waals surface area contributed by atoms with Crippen LogP contribution in [0.15, 0.2) is 0 Å². The molecule has 0 aliphatic heterocycles. The molecule has 0 amide bonds. The molecular weight excluding hydrogens is 348 g/mol. The molecule has 4 aliphatic carbocycles. The van der Waals surface area contributed by atoms with Crippen molar-refractivity contribution >= 4 is 5.97 Å². The van der Waals surface area contributed by atoms with E-state index in [9.17, 15) is 9.90 Å². The molecule has 0 aromatic heterocycles. The van der Waals surface area contributed by atoms with Crippen molar-refractivity contribution in [3.05, 3.63) is 0 Å². The fourth-order valence-electron chi connectivity index (χ4n) is 8.87. The molecule has 3 nitrogen and oxygen atoms in total. The maximum absolute atomic E-state index is 11.6. The minimum Gasteiger partial charge on any atom is -0.469 e. The Kier molecular flexibility index (Phi) is 5.61. The second kappa shape index (κ2) is 7.60. The average molecular weight is 391 g/mol. The minimum atomic E-state index is -0.177. The van der Waals surface area contributed by atoms with Crippen molar-refractivity contribution in [1.29, 1.82) is 0 Å². The molecule has 9 unspecified atom stereocenters. The number of carbonyl (C=O) groups is 1. The second-order valence-corrected chi connectivity index (χ2v) is 11.3. The Hall–Kier alpha value is -0.570. The van der Waals surface area contributed by atoms with Crippen LogP contribution in [0.4, 0.5) is 0 Å². The van der Waals surface area contributed by atoms with Crippen LogP contribution in [-0.2, 0) is 9.53 Å². The zero-order valence-electron chi connectivity index (χ0n) is 18.6. The van der Waals surface area contributed by atoms with Gasteiger partial charge in [-0.2, -0.15) is 0 Å². The van der Waals surface area contributed by atoms with Crippen LogP contribution >= 0.6 is 0 Å². The van der Waals surface area contributed by atoms with E-state index in [1.165, 1.54) is 58.5 Å². The smallest absolute Gasteiger partial charge is 0.305 e. The molecule has 4 rings (SSSR count). The molecule has 0 aromatic rings. The van der Waals surface area contributed by atoms with E-state index in [1.54, 1.807) is 0 Å². The monoisotopic (exact) mass is 390 g/mol. The molecule has 3 heteroatoms. The second-order valence-electron chi connectivity index (χ2n) is 11.3. The lowest BCUT2D eigenvalue weighted by atomic mass is 9.44. The molecule has 1 N–H and O–H groups in total. The summed E-state index contributed by atoms with van der Waals surface area (Å²) in [6.45, 7) is 7.29. The van der Waals surface area contributed by atoms with Crippen molar-refractivity contribution in [2.45, 2.75) is 97.5 Å². The van der Waals surface area contributed by atoms with Crippen LogP contribution in [0.25, 0.3) is 0 Å². The first-order chi connectivity index (χ1) is 13.3. The number of fused-ring (bicyclic) bond motifs is 5. The van der Waals surface area contributed by atoms with Gasteiger partial charge in [-0.25, -0.2) is 0 Å². The van der Waals surface area contributed by atoms with Crippen LogP contribution in [0.3, 0.4) is 0 Å². The number of aliphatic hydroxyl groups is 1. The summed E-state index contributed by atoms with van der Waals surface area (Å²) in [5.41, 5.74) is 0.507. The summed E-state index contributed by atoms with van der Waals surface area (Å²) in [7, 11) is 1.48. The van der Waals surface area contributed by atoms with Crippen LogP contribution < -0.4 is 0 Å². The number of aliphatic hydroxyl groups excluding tert-OH is 1. The summed E-state index contributed by atoms with van der Waals surface area (Å²) in [6.07, 6.45) is 13.2. The molecule has 4 fully saturated rings. The van der Waals surface area contributed by atoms with E-state index in [1.807, 2.05) is 0 Å². The highest BCUT2D eigenvalue weighted by Gasteiger charge is 2.63. The maximum Gasteiger partial charge on any atom is 0.305 e. The van der Waals surface area contributed by atoms with Gasteiger partial charge in [-0.3, -0.25) is 4.79 Å². The molecule has 0 saturated heterocycles. The Labute approximate surface area is 172 Å². The predicted molar refractivity (Wildman–Crippen MR) is 112 cm³/mol. The first-order valence-corrected chi connectivity index (χ1v) is 12.1. The maximum atomic E-state index is 11.6. The molecule has 0 aromatic carbocycles. The molecule has 28 heavy (non-hydrogen) atoms. The van der Waals surface area contributed by atoms with Gasteiger partial charge in [0.15, 0.2) is 0 Å². The van der Waals surface area contributed by atoms with Crippen molar-refractivity contribution < 1.29 is 14.6 Å². The Morgan fingerprint density at radius 1 is 1.11 bits per heavy atom. The highest BCUT2D eigenvalue weighted by atomic mass is 16.5. The summed E-state index contributed by atoms with van der Waals surface area (Å²) in [5.74, 6) is 4.02. The number of hydrogen-bond donors (Lipinski definition) is 1. The van der Waals surface area contributed by atoms with Crippen molar-refractivity contribution in [3.63, 3.8) is 0 Å². The normalized spacial score (nSPS) is 48.9. The number of carbonyl (C=O) groups excluding carboxylic acids is 1. The van der Waals surface area contributed by atoms with Gasteiger partial charge >= 0.3 is 5.97 Å². The highest BCUT2D eigenvalue weighted by molar-refractivity contribution is 5.69. The Morgan fingerprint density at radius 2 is 1.89 bits per heavy atom. The van der Waals surface area contributed by atoms with E-state index in [0.717, 1.165) is 30.6 Å². The topological polar surface area (TPSA) is 46.5 Å². The zero-order valence-corrected chi connectivity index (χ0v) is 18.6. The Balaban J connectivity index is 1.54. The highest BCUT2D eigenvalue weighted by Crippen LogP contribution is 2.68. The summed E-state index contributed by atoms with van der Waals surface area (Å²) in [5, 5.41) is 11.5. The number of methoxy groups -OCH3 is 1. The lowest BCUT2D eigenvalue weighted by Gasteiger charge is -2.62. The van der Waals surface area contributed by atoms with Gasteiger partial charge < -0.3 is 9.84 Å². The summed E-state index contributed by atoms with van der Waals surface area (Å²) in [6, 6.07) is 0. The van der Waals surface area contributed by atoms with Gasteiger partial charge in [0, 0.05) is 6.42 Å². The fourth-order valence-corrected chi connectivity index (χ4v) is 8.87. The van der Waals surface area contributed by atoms with Crippen LogP contribution in [0.1, 0.15) is 91.4 Å². The zero-order chi connectivity index (χ0) is 20.1. The van der Waals surface area contributed by atoms with Crippen LogP contribution in [0, 0.1) is 46.3 Å². The third-order valence-electron chi connectivity index (χ3n) is 10.5. The molecular formula is C25H42O3. The molecule has 160 valence electrons. The summed E-state index contributed by atoms with van der Waals surface area (Å²) < 4.78 is 4.86. The van der Waals surface area contributed by atoms with Gasteiger partial charge in [0.2, 0.25) is 0 Å². The molecule has 0 radical (unpaired) electrons. The number of hydrogen-bond acceptors (Lipinski definition) is 3. The Bertz CT molecular complexity index is 588. The standard InChI is InChI=1S/C25H42O3/c1-16(8-13-23(27)28-4)19-11-12-20-18-10-9-17-7-5-6-14-24(17,2)21(18)15-22(26)25(19,20)3/h16-22,26H,5-15H2,1-4H3. The average Bonchev–Trinajstić information content (AvgIpc) is 3.05. The number of esters is 1. The predicted octanol–water partition coefficient (Wildman–Crippen LogP) is 5.60. The van der Waals surface area contributed by atoms with Crippen molar-refractivity contribution in [3.8, 4) is 0 Å². The SMILES string of the molecule is COC(=O)CCC(C)C1CCC2C3CCC4CCCCC4(C)C3CC(O)C12C. The Morgan fingerprint density at radius 3 is 2.64 bits per heavy atom. The largest absolute Gasteiger partial charge is 0.469 e. The molecule has 0 bridgehead atoms. The number of ether oxygens (including phenoxy) is 1. The first-order valence-electron chi connectivity index (χ1n) is 12.1. The van der Waals surface area contributed by atoms with E-state index in [4.69, 9.17) is 4.74 Å². The minimum absolute atomic E-state index is 0.0363. The first kappa shape index (κ1) is 20.7.